The fourth-order valence-corrected chi connectivity index (χ4v) is 2.00. The van der Waals surface area contributed by atoms with Gasteiger partial charge in [-0.25, -0.2) is 0 Å². The second kappa shape index (κ2) is 10.2. The molecule has 17 heavy (non-hydrogen) atoms. The van der Waals surface area contributed by atoms with Gasteiger partial charge >= 0.3 is 0 Å². The van der Waals surface area contributed by atoms with Crippen LogP contribution in [0.3, 0.4) is 0 Å². The predicted molar refractivity (Wildman–Crippen MR) is 75.1 cm³/mol. The molecule has 5 heteroatoms. The quantitative estimate of drug-likeness (QED) is 0.613. The topological polar surface area (TPSA) is 26.3 Å². The van der Waals surface area contributed by atoms with Crippen molar-refractivity contribution in [1.29, 1.82) is 0 Å². The van der Waals surface area contributed by atoms with Crippen molar-refractivity contribution in [3.63, 3.8) is 0 Å². The van der Waals surface area contributed by atoms with Gasteiger partial charge in [0.15, 0.2) is 7.37 Å². The van der Waals surface area contributed by atoms with Crippen molar-refractivity contribution in [3.8, 4) is 0 Å². The molecule has 2 nitrogen and oxygen atoms in total. The van der Waals surface area contributed by atoms with Gasteiger partial charge in [-0.05, 0) is 6.16 Å². The van der Waals surface area contributed by atoms with Crippen molar-refractivity contribution in [3.05, 3.63) is 41.8 Å². The van der Waals surface area contributed by atoms with E-state index in [1.165, 1.54) is 5.56 Å². The van der Waals surface area contributed by atoms with Crippen LogP contribution in [0.15, 0.2) is 24.3 Å². The molecular weight excluding hydrogens is 289 g/mol. The zero-order valence-electron chi connectivity index (χ0n) is 10.9. The third-order valence-electron chi connectivity index (χ3n) is 1.92. The Morgan fingerprint density at radius 1 is 1.41 bits per heavy atom. The van der Waals surface area contributed by atoms with Crippen LogP contribution in [0.2, 0.25) is 0 Å². The molecule has 2 unspecified atom stereocenters. The Balaban J connectivity index is 0. The van der Waals surface area contributed by atoms with Crippen LogP contribution in [0.4, 0.5) is 0 Å². The van der Waals surface area contributed by atoms with Crippen molar-refractivity contribution in [1.82, 2.24) is 0 Å². The number of aryl methyl sites for hydroxylation is 1. The number of rotatable bonds is 4. The first-order valence-electron chi connectivity index (χ1n) is 5.38. The first kappa shape index (κ1) is 19.6. The monoisotopic (exact) mass is 310 g/mol. The van der Waals surface area contributed by atoms with Crippen LogP contribution in [0.25, 0.3) is 0 Å². The number of hydrogen-bond acceptors (Lipinski definition) is 2. The Morgan fingerprint density at radius 2 is 2.00 bits per heavy atom. The van der Waals surface area contributed by atoms with Crippen LogP contribution in [-0.4, -0.2) is 12.8 Å². The van der Waals surface area contributed by atoms with Gasteiger partial charge in [-0.2, -0.15) is 24.1 Å². The van der Waals surface area contributed by atoms with Crippen molar-refractivity contribution >= 4 is 16.8 Å². The van der Waals surface area contributed by atoms with E-state index in [-0.39, 0.29) is 18.6 Å². The molecule has 0 N–H and O–H groups in total. The van der Waals surface area contributed by atoms with E-state index < -0.39 is 7.37 Å². The molecule has 0 saturated heterocycles. The van der Waals surface area contributed by atoms with Crippen LogP contribution < -0.4 is 0 Å². The molecule has 0 aliphatic heterocycles. The molecule has 97 valence electrons. The second-order valence-corrected chi connectivity index (χ2v) is 6.66. The molecule has 0 bridgehead atoms. The third-order valence-corrected chi connectivity index (χ3v) is 4.55. The number of hydrogen-bond donors (Lipinski definition) is 0. The summed E-state index contributed by atoms with van der Waals surface area (Å²) in [5, 5.41) is 0. The summed E-state index contributed by atoms with van der Waals surface area (Å²) >= 11 is 0. The van der Waals surface area contributed by atoms with Crippen molar-refractivity contribution in [2.45, 2.75) is 20.8 Å². The molecular formula is C12H21O2P2V-. The molecule has 1 aromatic rings. The summed E-state index contributed by atoms with van der Waals surface area (Å²) in [6.45, 7) is 7.67. The largest absolute Gasteiger partial charge is 0.313 e. The Kier molecular flexibility index (Phi) is 11.8. The molecule has 0 fully saturated rings. The molecule has 1 aromatic carbocycles. The van der Waals surface area contributed by atoms with Crippen molar-refractivity contribution in [2.24, 2.45) is 0 Å². The van der Waals surface area contributed by atoms with E-state index in [1.54, 1.807) is 6.66 Å². The Bertz CT molecular complexity index is 356. The van der Waals surface area contributed by atoms with Crippen LogP contribution in [-0.2, 0) is 27.4 Å². The van der Waals surface area contributed by atoms with Gasteiger partial charge in [-0.1, -0.05) is 26.8 Å². The fourth-order valence-electron chi connectivity index (χ4n) is 1.11. The molecule has 0 heterocycles. The van der Waals surface area contributed by atoms with Gasteiger partial charge in [0.05, 0.1) is 0 Å². The summed E-state index contributed by atoms with van der Waals surface area (Å²) in [4.78, 5) is 0. The zero-order chi connectivity index (χ0) is 12.6. The molecule has 2 atom stereocenters. The van der Waals surface area contributed by atoms with Crippen LogP contribution in [0.1, 0.15) is 25.0 Å². The van der Waals surface area contributed by atoms with E-state index in [4.69, 9.17) is 4.31 Å². The summed E-state index contributed by atoms with van der Waals surface area (Å²) in [6.07, 6.45) is 2.41. The molecule has 0 saturated carbocycles. The Hall–Kier alpha value is 0.294. The van der Waals surface area contributed by atoms with E-state index in [9.17, 15) is 4.57 Å². The fraction of sp³-hybridized carbons (Fsp3) is 0.417. The van der Waals surface area contributed by atoms with Gasteiger partial charge < -0.3 is 4.31 Å². The molecule has 0 aliphatic rings. The van der Waals surface area contributed by atoms with E-state index >= 15 is 0 Å². The maximum Gasteiger partial charge on any atom is 0.195 e. The minimum Gasteiger partial charge on any atom is -0.313 e. The Morgan fingerprint density at radius 3 is 2.47 bits per heavy atom. The van der Waals surface area contributed by atoms with E-state index in [1.807, 2.05) is 45.4 Å². The molecule has 0 amide bonds. The van der Waals surface area contributed by atoms with Crippen molar-refractivity contribution < 1.29 is 27.4 Å². The SMILES string of the molecule is CC.Cc1cccc([CH-]CP(C)(=O)OP)c1.[V]. The summed E-state index contributed by atoms with van der Waals surface area (Å²) in [5.41, 5.74) is 2.30. The molecule has 1 radical (unpaired) electrons. The van der Waals surface area contributed by atoms with Gasteiger partial charge in [0, 0.05) is 34.7 Å². The zero-order valence-corrected chi connectivity index (χ0v) is 14.3. The van der Waals surface area contributed by atoms with E-state index in [0.717, 1.165) is 5.56 Å². The molecule has 0 spiro atoms. The number of benzene rings is 1. The van der Waals surface area contributed by atoms with Crippen LogP contribution in [0.5, 0.6) is 0 Å². The van der Waals surface area contributed by atoms with Crippen LogP contribution >= 0.6 is 16.8 Å². The summed E-state index contributed by atoms with van der Waals surface area (Å²) in [6, 6.07) is 8.08. The molecule has 0 aliphatic carbocycles. The third kappa shape index (κ3) is 8.94. The first-order valence-corrected chi connectivity index (χ1v) is 8.11. The normalized spacial score (nSPS) is 12.5. The molecule has 1 rings (SSSR count). The average Bonchev–Trinajstić information content (AvgIpc) is 2.30. The van der Waals surface area contributed by atoms with E-state index in [2.05, 4.69) is 15.5 Å². The van der Waals surface area contributed by atoms with Crippen molar-refractivity contribution in [2.75, 3.05) is 12.8 Å². The summed E-state index contributed by atoms with van der Waals surface area (Å²) in [5.74, 6) is 0. The second-order valence-electron chi connectivity index (χ2n) is 3.42. The minimum atomic E-state index is -2.45. The van der Waals surface area contributed by atoms with Gasteiger partial charge in [0.25, 0.3) is 0 Å². The van der Waals surface area contributed by atoms with Gasteiger partial charge in [-0.3, -0.25) is 4.57 Å². The molecule has 0 aromatic heterocycles. The smallest absolute Gasteiger partial charge is 0.195 e. The standard InChI is InChI=1S/C10H15O2P2.C2H6.V/c1-9-4-3-5-10(8-9)6-7-14(2,11)12-13;1-2;/h3-6,8H,7,13H2,1-2H3;1-2H3;/q-1;;. The van der Waals surface area contributed by atoms with Gasteiger partial charge in [-0.15, -0.1) is 11.6 Å². The van der Waals surface area contributed by atoms with Gasteiger partial charge in [0.1, 0.15) is 0 Å². The maximum atomic E-state index is 11.6. The minimum absolute atomic E-state index is 0. The Labute approximate surface area is 120 Å². The summed E-state index contributed by atoms with van der Waals surface area (Å²) in [7, 11) is -0.385. The maximum absolute atomic E-state index is 11.6. The van der Waals surface area contributed by atoms with Crippen LogP contribution in [0, 0.1) is 13.3 Å². The van der Waals surface area contributed by atoms with Gasteiger partial charge in [0.2, 0.25) is 0 Å². The predicted octanol–water partition coefficient (Wildman–Crippen LogP) is 4.29. The first-order chi connectivity index (χ1) is 7.53. The summed E-state index contributed by atoms with van der Waals surface area (Å²) < 4.78 is 16.4. The van der Waals surface area contributed by atoms with E-state index in [0.29, 0.717) is 6.16 Å². The average molecular weight is 310 g/mol.